The number of ether oxygens (including phenoxy) is 1. The number of amides is 1. The minimum Gasteiger partial charge on any atom is -0.459 e. The van der Waals surface area contributed by atoms with Gasteiger partial charge >= 0.3 is 5.97 Å². The molecule has 0 spiro atoms. The second kappa shape index (κ2) is 7.50. The third kappa shape index (κ3) is 3.44. The van der Waals surface area contributed by atoms with Crippen molar-refractivity contribution in [2.24, 2.45) is 0 Å². The summed E-state index contributed by atoms with van der Waals surface area (Å²) in [5, 5.41) is 13.3. The van der Waals surface area contributed by atoms with Crippen molar-refractivity contribution in [3.05, 3.63) is 39.9 Å². The van der Waals surface area contributed by atoms with Gasteiger partial charge in [0.05, 0.1) is 20.5 Å². The lowest BCUT2D eigenvalue weighted by atomic mass is 9.96. The van der Waals surface area contributed by atoms with E-state index >= 15 is 0 Å². The molecule has 11 heteroatoms. The zero-order valence-corrected chi connectivity index (χ0v) is 17.7. The number of fused-ring (bicyclic) bond motifs is 1. The number of nitro benzene ring substituents is 1. The molecule has 0 aliphatic carbocycles. The molecule has 3 rings (SSSR count). The number of non-ortho nitro benzene ring substituents is 1. The fourth-order valence-electron chi connectivity index (χ4n) is 3.49. The number of benzene rings is 1. The van der Waals surface area contributed by atoms with Crippen molar-refractivity contribution < 1.29 is 23.5 Å². The number of nitrogens with one attached hydrogen (secondary N) is 1. The highest BCUT2D eigenvalue weighted by Gasteiger charge is 2.68. The summed E-state index contributed by atoms with van der Waals surface area (Å²) in [6.07, 6.45) is 0. The maximum absolute atomic E-state index is 12.9. The van der Waals surface area contributed by atoms with Gasteiger partial charge in [-0.15, -0.1) is 0 Å². The van der Waals surface area contributed by atoms with Crippen LogP contribution in [-0.4, -0.2) is 61.4 Å². The largest absolute Gasteiger partial charge is 0.459 e. The van der Waals surface area contributed by atoms with Crippen molar-refractivity contribution in [1.29, 1.82) is 0 Å². The molecule has 2 aliphatic rings. The molecule has 152 valence electrons. The Bertz CT molecular complexity index is 844. The first-order chi connectivity index (χ1) is 13.1. The lowest BCUT2D eigenvalue weighted by Crippen LogP contribution is -2.70. The normalized spacial score (nSPS) is 28.0. The maximum Gasteiger partial charge on any atom is 0.330 e. The van der Waals surface area contributed by atoms with Crippen LogP contribution in [0.5, 0.6) is 0 Å². The van der Waals surface area contributed by atoms with Crippen LogP contribution in [0.15, 0.2) is 24.3 Å². The molecule has 2 fully saturated rings. The monoisotopic (exact) mass is 427 g/mol. The van der Waals surface area contributed by atoms with Gasteiger partial charge in [-0.3, -0.25) is 24.2 Å². The van der Waals surface area contributed by atoms with Crippen LogP contribution in [0, 0.1) is 10.1 Å². The summed E-state index contributed by atoms with van der Waals surface area (Å²) in [7, 11) is -1.98. The number of hydrogen-bond acceptors (Lipinski definition) is 7. The van der Waals surface area contributed by atoms with Crippen LogP contribution in [-0.2, 0) is 31.7 Å². The molecule has 2 aliphatic heterocycles. The summed E-state index contributed by atoms with van der Waals surface area (Å²) in [4.78, 5) is 36.9. The molecule has 0 radical (unpaired) electrons. The smallest absolute Gasteiger partial charge is 0.330 e. The molecule has 0 bridgehead atoms. The van der Waals surface area contributed by atoms with Crippen LogP contribution >= 0.6 is 8.07 Å². The fraction of sp³-hybridized carbons (Fsp3) is 0.529. The third-order valence-corrected chi connectivity index (χ3v) is 7.90. The van der Waals surface area contributed by atoms with Gasteiger partial charge in [-0.2, -0.15) is 0 Å². The van der Waals surface area contributed by atoms with Gasteiger partial charge in [-0.25, -0.2) is 4.79 Å². The highest BCUT2D eigenvalue weighted by molar-refractivity contribution is 7.87. The molecule has 2 heterocycles. The Morgan fingerprint density at radius 2 is 1.96 bits per heavy atom. The SMILES string of the molecule is CP(C)N[C@@H]1C(=O)N2[C@@H]1S(=O)C(C)(C)[C@@H]2C(=O)OCc1ccc([N+](=O)[O-])cc1. The van der Waals surface area contributed by atoms with Gasteiger partial charge in [0.15, 0.2) is 0 Å². The number of nitrogens with zero attached hydrogens (tertiary/aromatic N) is 2. The summed E-state index contributed by atoms with van der Waals surface area (Å²) >= 11 is 0. The van der Waals surface area contributed by atoms with Gasteiger partial charge in [0.25, 0.3) is 5.69 Å². The van der Waals surface area contributed by atoms with Crippen LogP contribution in [0.25, 0.3) is 0 Å². The Labute approximate surface area is 166 Å². The standard InChI is InChI=1S/C17H22N3O6PS/c1-17(2)13(19-14(21)12(18-27(3)4)15(19)28(17)25)16(22)26-9-10-5-7-11(8-6-10)20(23)24/h5-8,12-13,15,18H,9H2,1-4H3/t12-,13+,15-,28?/m1/s1. The molecule has 1 unspecified atom stereocenters. The number of rotatable bonds is 6. The first-order valence-corrected chi connectivity index (χ1v) is 12.1. The molecular weight excluding hydrogens is 405 g/mol. The third-order valence-electron chi connectivity index (χ3n) is 4.90. The first-order valence-electron chi connectivity index (χ1n) is 8.62. The number of carbonyl (C=O) groups is 2. The van der Waals surface area contributed by atoms with E-state index in [4.69, 9.17) is 4.74 Å². The van der Waals surface area contributed by atoms with E-state index < -0.39 is 52.0 Å². The molecule has 2 saturated heterocycles. The molecule has 4 atom stereocenters. The predicted octanol–water partition coefficient (Wildman–Crippen LogP) is 1.33. The van der Waals surface area contributed by atoms with E-state index in [1.54, 1.807) is 13.8 Å². The molecule has 1 aromatic carbocycles. The van der Waals surface area contributed by atoms with Crippen LogP contribution in [0.3, 0.4) is 0 Å². The van der Waals surface area contributed by atoms with Crippen LogP contribution < -0.4 is 5.09 Å². The number of β-lactam (4-membered cyclic amide) rings is 1. The van der Waals surface area contributed by atoms with Crippen molar-refractivity contribution in [2.45, 2.75) is 42.7 Å². The Morgan fingerprint density at radius 1 is 1.36 bits per heavy atom. The number of esters is 1. The molecule has 9 nitrogen and oxygen atoms in total. The van der Waals surface area contributed by atoms with Gasteiger partial charge < -0.3 is 9.64 Å². The van der Waals surface area contributed by atoms with Crippen LogP contribution in [0.4, 0.5) is 5.69 Å². The van der Waals surface area contributed by atoms with Gasteiger partial charge in [0.2, 0.25) is 5.91 Å². The zero-order valence-electron chi connectivity index (χ0n) is 15.9. The Balaban J connectivity index is 1.71. The van der Waals surface area contributed by atoms with Gasteiger partial charge in [-0.05, 0) is 52.9 Å². The quantitative estimate of drug-likeness (QED) is 0.239. The molecule has 1 amide bonds. The van der Waals surface area contributed by atoms with E-state index in [-0.39, 0.29) is 18.2 Å². The highest BCUT2D eigenvalue weighted by atomic mass is 32.2. The zero-order chi connectivity index (χ0) is 20.8. The second-order valence-corrected chi connectivity index (χ2v) is 11.6. The second-order valence-electron chi connectivity index (χ2n) is 7.47. The first kappa shape index (κ1) is 20.8. The molecule has 0 saturated carbocycles. The lowest BCUT2D eigenvalue weighted by molar-refractivity contribution is -0.384. The minimum absolute atomic E-state index is 0.0539. The maximum atomic E-state index is 12.9. The van der Waals surface area contributed by atoms with Crippen LogP contribution in [0.1, 0.15) is 19.4 Å². The summed E-state index contributed by atoms with van der Waals surface area (Å²) in [6.45, 7) is 7.24. The molecular formula is C17H22N3O6PS. The van der Waals surface area contributed by atoms with Gasteiger partial charge in [-0.1, -0.05) is 0 Å². The van der Waals surface area contributed by atoms with Crippen molar-refractivity contribution in [3.63, 3.8) is 0 Å². The topological polar surface area (TPSA) is 119 Å². The lowest BCUT2D eigenvalue weighted by Gasteiger charge is -2.44. The molecule has 1 N–H and O–H groups in total. The van der Waals surface area contributed by atoms with E-state index in [0.717, 1.165) is 0 Å². The van der Waals surface area contributed by atoms with E-state index in [1.165, 1.54) is 29.2 Å². The van der Waals surface area contributed by atoms with Crippen LogP contribution in [0.2, 0.25) is 0 Å². The average molecular weight is 427 g/mol. The Hall–Kier alpha value is -1.90. The van der Waals surface area contributed by atoms with Crippen molar-refractivity contribution >= 4 is 36.4 Å². The number of nitro groups is 1. The van der Waals surface area contributed by atoms with Crippen molar-refractivity contribution in [2.75, 3.05) is 13.3 Å². The van der Waals surface area contributed by atoms with Gasteiger partial charge in [0.1, 0.15) is 24.1 Å². The highest BCUT2D eigenvalue weighted by Crippen LogP contribution is 2.45. The summed E-state index contributed by atoms with van der Waals surface area (Å²) in [5.74, 6) is -0.862. The van der Waals surface area contributed by atoms with E-state index in [1.807, 2.05) is 13.3 Å². The van der Waals surface area contributed by atoms with E-state index in [2.05, 4.69) is 5.09 Å². The number of hydrogen-bond donors (Lipinski definition) is 1. The summed E-state index contributed by atoms with van der Waals surface area (Å²) in [5.41, 5.74) is 0.534. The predicted molar refractivity (Wildman–Crippen MR) is 105 cm³/mol. The average Bonchev–Trinajstić information content (AvgIpc) is 2.82. The Morgan fingerprint density at radius 3 is 2.50 bits per heavy atom. The summed E-state index contributed by atoms with van der Waals surface area (Å²) < 4.78 is 17.4. The van der Waals surface area contributed by atoms with Crippen molar-refractivity contribution in [3.8, 4) is 0 Å². The molecule has 1 aromatic rings. The van der Waals surface area contributed by atoms with Crippen molar-refractivity contribution in [1.82, 2.24) is 9.99 Å². The minimum atomic E-state index is -1.42. The van der Waals surface area contributed by atoms with Gasteiger partial charge in [0, 0.05) is 12.1 Å². The molecule has 0 aromatic heterocycles. The van der Waals surface area contributed by atoms with E-state index in [0.29, 0.717) is 5.56 Å². The Kier molecular flexibility index (Phi) is 5.58. The summed E-state index contributed by atoms with van der Waals surface area (Å²) in [6, 6.07) is 4.21. The fourth-order valence-corrected chi connectivity index (χ4v) is 6.31. The van der Waals surface area contributed by atoms with E-state index in [9.17, 15) is 23.9 Å². The number of carbonyl (C=O) groups excluding carboxylic acids is 2. The molecule has 28 heavy (non-hydrogen) atoms.